The first kappa shape index (κ1) is 40.7. The number of rotatable bonds is 12. The van der Waals surface area contributed by atoms with E-state index in [1.807, 2.05) is 0 Å². The molecule has 294 valence electrons. The third-order valence-electron chi connectivity index (χ3n) is 9.06. The molecule has 1 aliphatic carbocycles. The zero-order chi connectivity index (χ0) is 40.2. The van der Waals surface area contributed by atoms with Crippen LogP contribution in [0.1, 0.15) is 58.3 Å². The van der Waals surface area contributed by atoms with Gasteiger partial charge in [0.15, 0.2) is 0 Å². The van der Waals surface area contributed by atoms with Gasteiger partial charge >= 0.3 is 24.9 Å². The van der Waals surface area contributed by atoms with E-state index in [2.05, 4.69) is 14.8 Å². The molecule has 0 bridgehead atoms. The highest BCUT2D eigenvalue weighted by molar-refractivity contribution is 5.95. The van der Waals surface area contributed by atoms with Crippen LogP contribution in [-0.2, 0) is 22.9 Å². The summed E-state index contributed by atoms with van der Waals surface area (Å²) in [7, 11) is 0. The van der Waals surface area contributed by atoms with Crippen molar-refractivity contribution >= 4 is 11.9 Å². The number of carboxylic acid groups (broad SMARTS) is 1. The minimum absolute atomic E-state index is 0.0832. The Hall–Kier alpha value is -5.48. The Balaban J connectivity index is 1.58. The number of halogens is 10. The second-order valence-corrected chi connectivity index (χ2v) is 12.9. The fourth-order valence-electron chi connectivity index (χ4n) is 6.43. The average molecular weight is 788 g/mol. The molecule has 17 heteroatoms. The van der Waals surface area contributed by atoms with E-state index < -0.39 is 77.1 Å². The van der Waals surface area contributed by atoms with Gasteiger partial charge < -0.3 is 24.6 Å². The Bertz CT molecular complexity index is 1910. The SMILES string of the molecule is O=C(NC(Cc1ccc(OC[C@H]2CC[C@@H](C(=O)O)CC2)cc1)(c1cccc(OC(F)(F)F)c1)c1cccc(OC(F)(F)F)c1)c1ccc(F)c(C(F)(F)F)c1. The number of ether oxygens (including phenoxy) is 3. The van der Waals surface area contributed by atoms with Crippen LogP contribution in [0.5, 0.6) is 17.2 Å². The van der Waals surface area contributed by atoms with Crippen molar-refractivity contribution in [2.24, 2.45) is 11.8 Å². The van der Waals surface area contributed by atoms with Crippen LogP contribution >= 0.6 is 0 Å². The smallest absolute Gasteiger partial charge is 0.493 e. The number of aliphatic carboxylic acids is 1. The molecular formula is C38H31F10NO6. The molecule has 0 heterocycles. The molecule has 0 atom stereocenters. The minimum Gasteiger partial charge on any atom is -0.493 e. The summed E-state index contributed by atoms with van der Waals surface area (Å²) in [6.07, 6.45) is -13.8. The number of benzene rings is 4. The van der Waals surface area contributed by atoms with Crippen LogP contribution in [-0.4, -0.2) is 36.3 Å². The Morgan fingerprint density at radius 3 is 1.73 bits per heavy atom. The van der Waals surface area contributed by atoms with Gasteiger partial charge in [-0.3, -0.25) is 9.59 Å². The molecule has 1 fully saturated rings. The van der Waals surface area contributed by atoms with Crippen LogP contribution in [0, 0.1) is 17.7 Å². The molecule has 7 nitrogen and oxygen atoms in total. The molecule has 55 heavy (non-hydrogen) atoms. The molecular weight excluding hydrogens is 756 g/mol. The van der Waals surface area contributed by atoms with Crippen LogP contribution in [0.3, 0.4) is 0 Å². The van der Waals surface area contributed by atoms with Gasteiger partial charge in [0.1, 0.15) is 23.1 Å². The largest absolute Gasteiger partial charge is 0.573 e. The van der Waals surface area contributed by atoms with Crippen molar-refractivity contribution < 1.29 is 72.8 Å². The quantitative estimate of drug-likeness (QED) is 0.139. The number of carbonyl (C=O) groups excluding carboxylic acids is 1. The zero-order valence-corrected chi connectivity index (χ0v) is 28.3. The van der Waals surface area contributed by atoms with Gasteiger partial charge in [-0.25, -0.2) is 4.39 Å². The second-order valence-electron chi connectivity index (χ2n) is 12.9. The molecule has 0 aromatic heterocycles. The summed E-state index contributed by atoms with van der Waals surface area (Å²) in [5.74, 6) is -5.42. The number of alkyl halides is 9. The zero-order valence-electron chi connectivity index (χ0n) is 28.3. The topological polar surface area (TPSA) is 94.1 Å². The van der Waals surface area contributed by atoms with E-state index in [0.717, 1.165) is 42.5 Å². The number of carbonyl (C=O) groups is 2. The Morgan fingerprint density at radius 1 is 0.691 bits per heavy atom. The molecule has 1 saturated carbocycles. The lowest BCUT2D eigenvalue weighted by Crippen LogP contribution is -2.48. The maximum absolute atomic E-state index is 14.2. The fourth-order valence-corrected chi connectivity index (χ4v) is 6.43. The van der Waals surface area contributed by atoms with Crippen molar-refractivity contribution in [3.8, 4) is 17.2 Å². The summed E-state index contributed by atoms with van der Waals surface area (Å²) in [6, 6.07) is 15.6. The summed E-state index contributed by atoms with van der Waals surface area (Å²) in [6.45, 7) is 0.265. The van der Waals surface area contributed by atoms with Gasteiger partial charge in [0.2, 0.25) is 0 Å². The summed E-state index contributed by atoms with van der Waals surface area (Å²) in [5.41, 5.74) is -4.79. The van der Waals surface area contributed by atoms with Crippen LogP contribution in [0.25, 0.3) is 0 Å². The Labute approximate surface area is 306 Å². The standard InChI is InChI=1S/C38H31F10NO6/c39-32-16-13-25(17-31(32)36(40,41)42)33(50)49-35(26-3-1-5-29(18-26)54-37(43,44)45,27-4-2-6-30(19-27)55-38(46,47)48)20-22-9-14-28(15-10-22)53-21-23-7-11-24(12-8-23)34(51)52/h1-6,9-10,13-19,23-24H,7-8,11-12,20-21H2,(H,49,50)(H,51,52)/t23-,24+. The van der Waals surface area contributed by atoms with Crippen molar-refractivity contribution in [2.75, 3.05) is 6.61 Å². The first-order valence-corrected chi connectivity index (χ1v) is 16.6. The lowest BCUT2D eigenvalue weighted by atomic mass is 9.77. The lowest BCUT2D eigenvalue weighted by molar-refractivity contribution is -0.275. The summed E-state index contributed by atoms with van der Waals surface area (Å²) in [4.78, 5) is 25.2. The highest BCUT2D eigenvalue weighted by Crippen LogP contribution is 2.40. The first-order valence-electron chi connectivity index (χ1n) is 16.6. The Kier molecular flexibility index (Phi) is 11.9. The Morgan fingerprint density at radius 2 is 1.24 bits per heavy atom. The summed E-state index contributed by atoms with van der Waals surface area (Å²) in [5, 5.41) is 11.8. The van der Waals surface area contributed by atoms with Gasteiger partial charge in [-0.1, -0.05) is 36.4 Å². The predicted molar refractivity (Wildman–Crippen MR) is 175 cm³/mol. The predicted octanol–water partition coefficient (Wildman–Crippen LogP) is 9.83. The van der Waals surface area contributed by atoms with Gasteiger partial charge in [0.25, 0.3) is 5.91 Å². The molecule has 0 unspecified atom stereocenters. The van der Waals surface area contributed by atoms with E-state index in [0.29, 0.717) is 43.1 Å². The van der Waals surface area contributed by atoms with E-state index in [4.69, 9.17) is 4.74 Å². The van der Waals surface area contributed by atoms with Crippen molar-refractivity contribution in [1.82, 2.24) is 5.32 Å². The van der Waals surface area contributed by atoms with Gasteiger partial charge in [0, 0.05) is 12.0 Å². The van der Waals surface area contributed by atoms with Crippen molar-refractivity contribution in [1.29, 1.82) is 0 Å². The van der Waals surface area contributed by atoms with E-state index in [1.165, 1.54) is 36.4 Å². The van der Waals surface area contributed by atoms with E-state index in [9.17, 15) is 58.6 Å². The van der Waals surface area contributed by atoms with Gasteiger partial charge in [-0.2, -0.15) is 13.2 Å². The molecule has 0 radical (unpaired) electrons. The molecule has 0 aliphatic heterocycles. The van der Waals surface area contributed by atoms with E-state index in [-0.39, 0.29) is 29.7 Å². The van der Waals surface area contributed by atoms with Crippen molar-refractivity contribution in [3.05, 3.63) is 125 Å². The number of hydrogen-bond donors (Lipinski definition) is 2. The lowest BCUT2D eigenvalue weighted by Gasteiger charge is -2.37. The summed E-state index contributed by atoms with van der Waals surface area (Å²) >= 11 is 0. The first-order chi connectivity index (χ1) is 25.7. The van der Waals surface area contributed by atoms with E-state index in [1.54, 1.807) is 0 Å². The number of amides is 1. The molecule has 4 aromatic carbocycles. The number of hydrogen-bond acceptors (Lipinski definition) is 5. The molecule has 1 amide bonds. The molecule has 4 aromatic rings. The molecule has 2 N–H and O–H groups in total. The third-order valence-corrected chi connectivity index (χ3v) is 9.06. The van der Waals surface area contributed by atoms with E-state index >= 15 is 0 Å². The maximum Gasteiger partial charge on any atom is 0.573 e. The molecule has 5 rings (SSSR count). The highest BCUT2D eigenvalue weighted by atomic mass is 19.4. The molecule has 0 spiro atoms. The third kappa shape index (κ3) is 10.8. The van der Waals surface area contributed by atoms with Gasteiger partial charge in [-0.05, 0) is 103 Å². The number of nitrogens with one attached hydrogen (secondary N) is 1. The summed E-state index contributed by atoms with van der Waals surface area (Å²) < 4.78 is 149. The van der Waals surface area contributed by atoms with Crippen LogP contribution in [0.2, 0.25) is 0 Å². The van der Waals surface area contributed by atoms with Crippen molar-refractivity contribution in [2.45, 2.75) is 56.5 Å². The maximum atomic E-state index is 14.2. The van der Waals surface area contributed by atoms with Crippen LogP contribution in [0.15, 0.2) is 91.0 Å². The molecule has 0 saturated heterocycles. The van der Waals surface area contributed by atoms with Crippen LogP contribution < -0.4 is 19.5 Å². The number of carboxylic acids is 1. The fraction of sp³-hybridized carbons (Fsp3) is 0.316. The highest BCUT2D eigenvalue weighted by Gasteiger charge is 2.41. The van der Waals surface area contributed by atoms with Crippen LogP contribution in [0.4, 0.5) is 43.9 Å². The molecule has 1 aliphatic rings. The van der Waals surface area contributed by atoms with Gasteiger partial charge in [0.05, 0.1) is 23.6 Å². The van der Waals surface area contributed by atoms with Crippen molar-refractivity contribution in [3.63, 3.8) is 0 Å². The van der Waals surface area contributed by atoms with Gasteiger partial charge in [-0.15, -0.1) is 26.3 Å². The average Bonchev–Trinajstić information content (AvgIpc) is 3.09. The second kappa shape index (κ2) is 16.1. The monoisotopic (exact) mass is 787 g/mol. The minimum atomic E-state index is -5.23. The normalized spacial score (nSPS) is 16.6.